The molecule has 0 saturated carbocycles. The smallest absolute Gasteiger partial charge is 0.255 e. The number of nitrogens with zero attached hydrogens (tertiary/aromatic N) is 1. The molecule has 92 valence electrons. The minimum absolute atomic E-state index is 0.373. The minimum atomic E-state index is 0.373. The van der Waals surface area contributed by atoms with Crippen LogP contribution in [0.25, 0.3) is 5.70 Å². The van der Waals surface area contributed by atoms with E-state index in [0.717, 1.165) is 14.9 Å². The summed E-state index contributed by atoms with van der Waals surface area (Å²) < 4.78 is 1.01. The molecule has 18 heavy (non-hydrogen) atoms. The molecular formula is C13H11BrN2OS. The van der Waals surface area contributed by atoms with Crippen molar-refractivity contribution in [1.29, 1.82) is 0 Å². The van der Waals surface area contributed by atoms with E-state index in [1.54, 1.807) is 0 Å². The Hall–Kier alpha value is -1.43. The first-order chi connectivity index (χ1) is 8.70. The molecule has 0 aliphatic heterocycles. The van der Waals surface area contributed by atoms with Gasteiger partial charge in [-0.05, 0) is 29.1 Å². The topological polar surface area (TPSA) is 47.6 Å². The zero-order valence-electron chi connectivity index (χ0n) is 9.47. The number of hydrogen-bond donors (Lipinski definition) is 1. The SMILES string of the molecule is C=C(/N=C(\ON)c1cccs1)c1ccc(Br)cc1. The van der Waals surface area contributed by atoms with Gasteiger partial charge in [-0.25, -0.2) is 4.99 Å². The second-order valence-electron chi connectivity index (χ2n) is 3.47. The molecule has 0 amide bonds. The highest BCUT2D eigenvalue weighted by Crippen LogP contribution is 2.19. The largest absolute Gasteiger partial charge is 0.390 e. The zero-order chi connectivity index (χ0) is 13.0. The number of halogens is 1. The summed E-state index contributed by atoms with van der Waals surface area (Å²) in [6.07, 6.45) is 0. The molecule has 3 nitrogen and oxygen atoms in total. The summed E-state index contributed by atoms with van der Waals surface area (Å²) in [6, 6.07) is 11.5. The van der Waals surface area contributed by atoms with Crippen LogP contribution in [0.5, 0.6) is 0 Å². The summed E-state index contributed by atoms with van der Waals surface area (Å²) in [5.74, 6) is 5.61. The highest BCUT2D eigenvalue weighted by atomic mass is 79.9. The molecule has 0 radical (unpaired) electrons. The van der Waals surface area contributed by atoms with Crippen LogP contribution in [-0.2, 0) is 4.84 Å². The van der Waals surface area contributed by atoms with Gasteiger partial charge in [0.05, 0.1) is 10.6 Å². The number of thiophene rings is 1. The lowest BCUT2D eigenvalue weighted by atomic mass is 10.2. The van der Waals surface area contributed by atoms with E-state index in [9.17, 15) is 0 Å². The molecular weight excluding hydrogens is 312 g/mol. The van der Waals surface area contributed by atoms with E-state index in [-0.39, 0.29) is 0 Å². The third kappa shape index (κ3) is 3.07. The number of benzene rings is 1. The summed E-state index contributed by atoms with van der Waals surface area (Å²) in [5.41, 5.74) is 1.53. The van der Waals surface area contributed by atoms with Gasteiger partial charge in [0.25, 0.3) is 5.90 Å². The van der Waals surface area contributed by atoms with Gasteiger partial charge in [-0.1, -0.05) is 40.7 Å². The Morgan fingerprint density at radius 1 is 1.28 bits per heavy atom. The molecule has 2 aromatic rings. The number of rotatable bonds is 3. The Bertz CT molecular complexity index is 561. The van der Waals surface area contributed by atoms with E-state index in [1.807, 2.05) is 41.8 Å². The van der Waals surface area contributed by atoms with Gasteiger partial charge in [0.1, 0.15) is 0 Å². The summed E-state index contributed by atoms with van der Waals surface area (Å²) in [5, 5.41) is 1.94. The molecule has 0 aliphatic rings. The van der Waals surface area contributed by atoms with Crippen LogP contribution in [0.2, 0.25) is 0 Å². The summed E-state index contributed by atoms with van der Waals surface area (Å²) in [4.78, 5) is 9.98. The minimum Gasteiger partial charge on any atom is -0.390 e. The second-order valence-corrected chi connectivity index (χ2v) is 5.33. The Kier molecular flexibility index (Phi) is 4.30. The van der Waals surface area contributed by atoms with Crippen molar-refractivity contribution in [2.75, 3.05) is 0 Å². The van der Waals surface area contributed by atoms with Crippen molar-refractivity contribution in [1.82, 2.24) is 0 Å². The Balaban J connectivity index is 2.26. The van der Waals surface area contributed by atoms with Gasteiger partial charge in [0, 0.05) is 4.47 Å². The van der Waals surface area contributed by atoms with Crippen LogP contribution in [0.15, 0.2) is 57.8 Å². The maximum absolute atomic E-state index is 5.24. The molecule has 0 spiro atoms. The molecule has 0 bridgehead atoms. The van der Waals surface area contributed by atoms with Gasteiger partial charge in [-0.3, -0.25) is 0 Å². The molecule has 0 fully saturated rings. The van der Waals surface area contributed by atoms with Crippen LogP contribution in [0.4, 0.5) is 0 Å². The predicted molar refractivity (Wildman–Crippen MR) is 79.3 cm³/mol. The van der Waals surface area contributed by atoms with Crippen molar-refractivity contribution in [3.05, 3.63) is 63.3 Å². The molecule has 2 rings (SSSR count). The van der Waals surface area contributed by atoms with Gasteiger partial charge < -0.3 is 4.84 Å². The second kappa shape index (κ2) is 5.95. The fourth-order valence-electron chi connectivity index (χ4n) is 1.37. The first kappa shape index (κ1) is 13.0. The van der Waals surface area contributed by atoms with Crippen molar-refractivity contribution >= 4 is 38.9 Å². The zero-order valence-corrected chi connectivity index (χ0v) is 11.9. The van der Waals surface area contributed by atoms with E-state index in [4.69, 9.17) is 10.7 Å². The number of aliphatic imine (C=N–C) groups is 1. The summed E-state index contributed by atoms with van der Waals surface area (Å²) in [7, 11) is 0. The van der Waals surface area contributed by atoms with Crippen molar-refractivity contribution in [3.63, 3.8) is 0 Å². The summed E-state index contributed by atoms with van der Waals surface area (Å²) >= 11 is 4.89. The number of hydrogen-bond acceptors (Lipinski definition) is 4. The number of nitrogens with two attached hydrogens (primary N) is 1. The lowest BCUT2D eigenvalue weighted by molar-refractivity contribution is 0.323. The molecule has 0 aliphatic carbocycles. The fraction of sp³-hybridized carbons (Fsp3) is 0. The van der Waals surface area contributed by atoms with Crippen LogP contribution in [0.3, 0.4) is 0 Å². The standard InChI is InChI=1S/C13H11BrN2OS/c1-9(10-4-6-11(14)7-5-10)16-13(17-15)12-3-2-8-18-12/h2-8H,1,15H2/b16-13-. The highest BCUT2D eigenvalue weighted by molar-refractivity contribution is 9.10. The van der Waals surface area contributed by atoms with Gasteiger partial charge in [0.15, 0.2) is 0 Å². The van der Waals surface area contributed by atoms with Crippen LogP contribution in [0.1, 0.15) is 10.4 Å². The lowest BCUT2D eigenvalue weighted by Gasteiger charge is -2.04. The summed E-state index contributed by atoms with van der Waals surface area (Å²) in [6.45, 7) is 3.92. The maximum atomic E-state index is 5.24. The Morgan fingerprint density at radius 2 is 2.00 bits per heavy atom. The van der Waals surface area contributed by atoms with Crippen LogP contribution in [0, 0.1) is 0 Å². The molecule has 0 atom stereocenters. The van der Waals surface area contributed by atoms with Gasteiger partial charge in [-0.2, -0.15) is 5.90 Å². The molecule has 5 heteroatoms. The third-order valence-corrected chi connectivity index (χ3v) is 3.64. The molecule has 0 saturated heterocycles. The molecule has 1 aromatic heterocycles. The molecule has 1 heterocycles. The monoisotopic (exact) mass is 322 g/mol. The predicted octanol–water partition coefficient (Wildman–Crippen LogP) is 3.82. The van der Waals surface area contributed by atoms with Crippen LogP contribution in [-0.4, -0.2) is 5.90 Å². The van der Waals surface area contributed by atoms with Gasteiger partial charge >= 0.3 is 0 Å². The van der Waals surface area contributed by atoms with E-state index in [0.29, 0.717) is 11.6 Å². The Morgan fingerprint density at radius 3 is 2.56 bits per heavy atom. The van der Waals surface area contributed by atoms with Crippen molar-refractivity contribution in [3.8, 4) is 0 Å². The average Bonchev–Trinajstić information content (AvgIpc) is 2.90. The van der Waals surface area contributed by atoms with Crippen molar-refractivity contribution in [2.45, 2.75) is 0 Å². The third-order valence-electron chi connectivity index (χ3n) is 2.26. The highest BCUT2D eigenvalue weighted by Gasteiger charge is 2.07. The molecule has 1 aromatic carbocycles. The maximum Gasteiger partial charge on any atom is 0.255 e. The van der Waals surface area contributed by atoms with E-state index < -0.39 is 0 Å². The van der Waals surface area contributed by atoms with Gasteiger partial charge in [0.2, 0.25) is 0 Å². The van der Waals surface area contributed by atoms with Crippen LogP contribution >= 0.6 is 27.3 Å². The molecule has 0 unspecified atom stereocenters. The first-order valence-corrected chi connectivity index (χ1v) is 6.82. The van der Waals surface area contributed by atoms with E-state index >= 15 is 0 Å². The lowest BCUT2D eigenvalue weighted by Crippen LogP contribution is -2.10. The van der Waals surface area contributed by atoms with Crippen LogP contribution < -0.4 is 5.90 Å². The van der Waals surface area contributed by atoms with E-state index in [1.165, 1.54) is 11.3 Å². The van der Waals surface area contributed by atoms with E-state index in [2.05, 4.69) is 27.5 Å². The van der Waals surface area contributed by atoms with Crippen molar-refractivity contribution < 1.29 is 4.84 Å². The van der Waals surface area contributed by atoms with Crippen molar-refractivity contribution in [2.24, 2.45) is 10.9 Å². The quantitative estimate of drug-likeness (QED) is 0.530. The normalized spacial score (nSPS) is 11.3. The van der Waals surface area contributed by atoms with Gasteiger partial charge in [-0.15, -0.1) is 11.3 Å². The average molecular weight is 323 g/mol. The molecule has 2 N–H and O–H groups in total. The Labute approximate surface area is 118 Å². The first-order valence-electron chi connectivity index (χ1n) is 5.15. The fourth-order valence-corrected chi connectivity index (χ4v) is 2.29.